The Morgan fingerprint density at radius 1 is 1.43 bits per heavy atom. The van der Waals surface area contributed by atoms with Gasteiger partial charge < -0.3 is 5.32 Å². The number of hydrogen-bond donors (Lipinski definition) is 1. The summed E-state index contributed by atoms with van der Waals surface area (Å²) >= 11 is 6.05. The highest BCUT2D eigenvalue weighted by atomic mass is 35.5. The maximum absolute atomic E-state index is 12.4. The maximum Gasteiger partial charge on any atom is 0.307 e. The van der Waals surface area contributed by atoms with Gasteiger partial charge in [-0.1, -0.05) is 11.6 Å². The van der Waals surface area contributed by atoms with E-state index in [1.807, 2.05) is 6.92 Å². The number of nitro groups is 1. The average Bonchev–Trinajstić information content (AvgIpc) is 3.12. The van der Waals surface area contributed by atoms with E-state index in [2.05, 4.69) is 15.5 Å². The standard InChI is InChI=1S/C13H17ClN6O3/c1-4-18-11(10(14)6-16-18)7-15-12(21)13(2,3)19-8-9(5-17-19)20(22)23/h5-6,8H,4,7H2,1-3H3,(H,15,21). The largest absolute Gasteiger partial charge is 0.348 e. The molecule has 0 aliphatic rings. The molecule has 1 N–H and O–H groups in total. The van der Waals surface area contributed by atoms with Crippen LogP contribution in [0.4, 0.5) is 5.69 Å². The van der Waals surface area contributed by atoms with Crippen LogP contribution in [0.25, 0.3) is 0 Å². The average molecular weight is 341 g/mol. The van der Waals surface area contributed by atoms with Crippen molar-refractivity contribution in [3.63, 3.8) is 0 Å². The third-order valence-electron chi connectivity index (χ3n) is 3.52. The van der Waals surface area contributed by atoms with Crippen LogP contribution in [0, 0.1) is 10.1 Å². The van der Waals surface area contributed by atoms with E-state index in [1.54, 1.807) is 18.5 Å². The first-order valence-electron chi connectivity index (χ1n) is 6.95. The Morgan fingerprint density at radius 3 is 2.70 bits per heavy atom. The summed E-state index contributed by atoms with van der Waals surface area (Å²) < 4.78 is 2.95. The number of nitrogens with one attached hydrogen (secondary N) is 1. The molecule has 0 fully saturated rings. The first kappa shape index (κ1) is 16.9. The predicted octanol–water partition coefficient (Wildman–Crippen LogP) is 1.71. The number of halogens is 1. The molecule has 2 heterocycles. The van der Waals surface area contributed by atoms with Gasteiger partial charge in [-0.25, -0.2) is 0 Å². The number of amides is 1. The van der Waals surface area contributed by atoms with Crippen molar-refractivity contribution in [3.05, 3.63) is 39.4 Å². The molecular formula is C13H17ClN6O3. The van der Waals surface area contributed by atoms with Gasteiger partial charge in [0.05, 0.1) is 28.4 Å². The summed E-state index contributed by atoms with van der Waals surface area (Å²) in [4.78, 5) is 22.6. The Labute approximate surface area is 137 Å². The normalized spacial score (nSPS) is 11.5. The molecule has 0 saturated carbocycles. The van der Waals surface area contributed by atoms with E-state index < -0.39 is 10.5 Å². The number of hydrogen-bond acceptors (Lipinski definition) is 5. The number of carbonyl (C=O) groups is 1. The number of rotatable bonds is 6. The lowest BCUT2D eigenvalue weighted by Crippen LogP contribution is -2.44. The van der Waals surface area contributed by atoms with E-state index in [0.29, 0.717) is 17.3 Å². The summed E-state index contributed by atoms with van der Waals surface area (Å²) in [5.74, 6) is -0.338. The van der Waals surface area contributed by atoms with Crippen molar-refractivity contribution in [2.45, 2.75) is 39.4 Å². The van der Waals surface area contributed by atoms with Crippen LogP contribution in [-0.4, -0.2) is 30.4 Å². The Hall–Kier alpha value is -2.42. The van der Waals surface area contributed by atoms with E-state index in [9.17, 15) is 14.9 Å². The van der Waals surface area contributed by atoms with Crippen molar-refractivity contribution in [2.75, 3.05) is 0 Å². The highest BCUT2D eigenvalue weighted by molar-refractivity contribution is 6.31. The molecule has 0 bridgehead atoms. The van der Waals surface area contributed by atoms with Gasteiger partial charge in [-0.05, 0) is 20.8 Å². The SMILES string of the molecule is CCn1ncc(Cl)c1CNC(=O)C(C)(C)n1cc([N+](=O)[O-])cn1. The van der Waals surface area contributed by atoms with Crippen molar-refractivity contribution in [1.82, 2.24) is 24.9 Å². The van der Waals surface area contributed by atoms with Crippen molar-refractivity contribution in [1.29, 1.82) is 0 Å². The second-order valence-corrected chi connectivity index (χ2v) is 5.80. The van der Waals surface area contributed by atoms with Crippen LogP contribution in [0.15, 0.2) is 18.6 Å². The summed E-state index contributed by atoms with van der Waals surface area (Å²) in [6.07, 6.45) is 3.86. The Kier molecular flexibility index (Phi) is 4.69. The second-order valence-electron chi connectivity index (χ2n) is 5.40. The number of carbonyl (C=O) groups excluding carboxylic acids is 1. The van der Waals surface area contributed by atoms with Gasteiger partial charge in [0.2, 0.25) is 5.91 Å². The molecule has 1 amide bonds. The summed E-state index contributed by atoms with van der Waals surface area (Å²) in [6.45, 7) is 6.00. The monoisotopic (exact) mass is 340 g/mol. The summed E-state index contributed by atoms with van der Waals surface area (Å²) in [5.41, 5.74) is -0.555. The van der Waals surface area contributed by atoms with Crippen LogP contribution in [0.3, 0.4) is 0 Å². The van der Waals surface area contributed by atoms with Gasteiger partial charge in [0.15, 0.2) is 0 Å². The second kappa shape index (κ2) is 6.37. The van der Waals surface area contributed by atoms with Crippen LogP contribution < -0.4 is 5.32 Å². The fourth-order valence-electron chi connectivity index (χ4n) is 2.03. The molecule has 2 rings (SSSR count). The Balaban J connectivity index is 2.12. The molecule has 9 nitrogen and oxygen atoms in total. The van der Waals surface area contributed by atoms with Crippen LogP contribution in [-0.2, 0) is 23.4 Å². The van der Waals surface area contributed by atoms with Gasteiger partial charge >= 0.3 is 5.69 Å². The lowest BCUT2D eigenvalue weighted by atomic mass is 10.1. The molecule has 0 radical (unpaired) electrons. The van der Waals surface area contributed by atoms with Gasteiger partial charge in [-0.3, -0.25) is 24.3 Å². The molecule has 23 heavy (non-hydrogen) atoms. The molecule has 0 aliphatic carbocycles. The minimum atomic E-state index is -1.09. The molecule has 10 heteroatoms. The van der Waals surface area contributed by atoms with Crippen LogP contribution in [0.2, 0.25) is 5.02 Å². The van der Waals surface area contributed by atoms with Gasteiger partial charge in [0.25, 0.3) is 0 Å². The van der Waals surface area contributed by atoms with Gasteiger partial charge in [0, 0.05) is 6.54 Å². The first-order chi connectivity index (χ1) is 10.8. The Morgan fingerprint density at radius 2 is 2.13 bits per heavy atom. The minimum Gasteiger partial charge on any atom is -0.348 e. The lowest BCUT2D eigenvalue weighted by Gasteiger charge is -2.24. The van der Waals surface area contributed by atoms with Crippen molar-refractivity contribution < 1.29 is 9.72 Å². The van der Waals surface area contributed by atoms with Gasteiger partial charge in [0.1, 0.15) is 17.9 Å². The van der Waals surface area contributed by atoms with E-state index in [-0.39, 0.29) is 18.1 Å². The Bertz CT molecular complexity index is 736. The van der Waals surface area contributed by atoms with E-state index >= 15 is 0 Å². The molecule has 124 valence electrons. The smallest absolute Gasteiger partial charge is 0.307 e. The molecule has 2 aromatic rings. The molecule has 0 atom stereocenters. The van der Waals surface area contributed by atoms with Crippen LogP contribution >= 0.6 is 11.6 Å². The summed E-state index contributed by atoms with van der Waals surface area (Å²) in [5, 5.41) is 22.0. The predicted molar refractivity (Wildman–Crippen MR) is 83.0 cm³/mol. The molecule has 0 unspecified atom stereocenters. The molecule has 0 spiro atoms. The number of aromatic nitrogens is 4. The molecule has 0 aromatic carbocycles. The number of nitrogens with zero attached hydrogens (tertiary/aromatic N) is 5. The zero-order valence-corrected chi connectivity index (χ0v) is 13.7. The van der Waals surface area contributed by atoms with E-state index in [4.69, 9.17) is 11.6 Å². The molecule has 0 saturated heterocycles. The fraction of sp³-hybridized carbons (Fsp3) is 0.462. The zero-order valence-electron chi connectivity index (χ0n) is 13.0. The first-order valence-corrected chi connectivity index (χ1v) is 7.33. The van der Waals surface area contributed by atoms with Gasteiger partial charge in [-0.2, -0.15) is 10.2 Å². The van der Waals surface area contributed by atoms with Gasteiger partial charge in [-0.15, -0.1) is 0 Å². The van der Waals surface area contributed by atoms with E-state index in [0.717, 1.165) is 6.20 Å². The minimum absolute atomic E-state index is 0.169. The van der Waals surface area contributed by atoms with E-state index in [1.165, 1.54) is 17.1 Å². The quantitative estimate of drug-likeness (QED) is 0.636. The molecule has 2 aromatic heterocycles. The topological polar surface area (TPSA) is 108 Å². The maximum atomic E-state index is 12.4. The number of aryl methyl sites for hydroxylation is 1. The van der Waals surface area contributed by atoms with Crippen molar-refractivity contribution in [3.8, 4) is 0 Å². The summed E-state index contributed by atoms with van der Waals surface area (Å²) in [6, 6.07) is 0. The zero-order chi connectivity index (χ0) is 17.2. The third kappa shape index (κ3) is 3.34. The lowest BCUT2D eigenvalue weighted by molar-refractivity contribution is -0.385. The van der Waals surface area contributed by atoms with Crippen molar-refractivity contribution in [2.24, 2.45) is 0 Å². The van der Waals surface area contributed by atoms with Crippen LogP contribution in [0.1, 0.15) is 26.5 Å². The third-order valence-corrected chi connectivity index (χ3v) is 3.84. The van der Waals surface area contributed by atoms with Crippen LogP contribution in [0.5, 0.6) is 0 Å². The highest BCUT2D eigenvalue weighted by Crippen LogP contribution is 2.20. The molecular weight excluding hydrogens is 324 g/mol. The fourth-order valence-corrected chi connectivity index (χ4v) is 2.24. The highest BCUT2D eigenvalue weighted by Gasteiger charge is 2.32. The summed E-state index contributed by atoms with van der Waals surface area (Å²) in [7, 11) is 0. The van der Waals surface area contributed by atoms with Crippen molar-refractivity contribution >= 4 is 23.2 Å². The molecule has 0 aliphatic heterocycles.